The van der Waals surface area contributed by atoms with Crippen LogP contribution in [-0.4, -0.2) is 12.6 Å². The molecule has 0 atom stereocenters. The molecule has 0 amide bonds. The fraction of sp³-hybridized carbons (Fsp3) is 0.185. The number of halogens is 2. The van der Waals surface area contributed by atoms with Crippen LogP contribution in [0.25, 0.3) is 6.08 Å². The van der Waals surface area contributed by atoms with Crippen molar-refractivity contribution in [3.8, 4) is 17.6 Å². The average molecular weight is 494 g/mol. The van der Waals surface area contributed by atoms with Crippen LogP contribution in [0.2, 0.25) is 0 Å². The van der Waals surface area contributed by atoms with Crippen LogP contribution >= 0.6 is 0 Å². The van der Waals surface area contributed by atoms with Crippen molar-refractivity contribution in [2.24, 2.45) is 0 Å². The summed E-state index contributed by atoms with van der Waals surface area (Å²) in [6.45, 7) is 0.356. The van der Waals surface area contributed by atoms with E-state index in [2.05, 4.69) is 0 Å². The van der Waals surface area contributed by atoms with E-state index in [0.29, 0.717) is 47.7 Å². The summed E-state index contributed by atoms with van der Waals surface area (Å²) >= 11 is 0. The number of hydrogen-bond acceptors (Lipinski definition) is 7. The number of nitrogens with zero attached hydrogens (tertiary/aromatic N) is 1. The van der Waals surface area contributed by atoms with Crippen LogP contribution in [0, 0.1) is 11.3 Å². The van der Waals surface area contributed by atoms with E-state index in [-0.39, 0.29) is 17.9 Å². The van der Waals surface area contributed by atoms with Gasteiger partial charge in [-0.05, 0) is 78.2 Å². The molecule has 0 saturated heterocycles. The maximum absolute atomic E-state index is 14.6. The van der Waals surface area contributed by atoms with Gasteiger partial charge in [0.05, 0.1) is 18.2 Å². The van der Waals surface area contributed by atoms with E-state index < -0.39 is 12.1 Å². The first-order chi connectivity index (χ1) is 17.2. The molecular weight excluding hydrogens is 468 g/mol. The van der Waals surface area contributed by atoms with Gasteiger partial charge in [0.2, 0.25) is 0 Å². The van der Waals surface area contributed by atoms with Gasteiger partial charge < -0.3 is 25.7 Å². The van der Waals surface area contributed by atoms with Crippen LogP contribution in [-0.2, 0) is 22.2 Å². The van der Waals surface area contributed by atoms with Crippen LogP contribution in [0.15, 0.2) is 72.8 Å². The maximum atomic E-state index is 14.6. The van der Waals surface area contributed by atoms with Crippen LogP contribution in [0.4, 0.5) is 20.2 Å². The molecule has 0 bridgehead atoms. The first-order valence-corrected chi connectivity index (χ1v) is 11.0. The zero-order valence-corrected chi connectivity index (χ0v) is 19.3. The van der Waals surface area contributed by atoms with E-state index >= 15 is 0 Å². The minimum absolute atomic E-state index is 0.00475. The molecule has 0 aliphatic heterocycles. The first-order valence-electron chi connectivity index (χ1n) is 11.0. The van der Waals surface area contributed by atoms with Crippen LogP contribution < -0.4 is 20.9 Å². The number of nitrogen functional groups attached to an aromatic ring is 2. The molecule has 0 aromatic heterocycles. The van der Waals surface area contributed by atoms with E-state index in [1.165, 1.54) is 60.7 Å². The van der Waals surface area contributed by atoms with Gasteiger partial charge in [0.15, 0.2) is 0 Å². The van der Waals surface area contributed by atoms with Gasteiger partial charge in [-0.3, -0.25) is 0 Å². The predicted octanol–water partition coefficient (Wildman–Crippen LogP) is 5.42. The third kappa shape index (κ3) is 8.02. The number of unbranched alkanes of at least 4 members (excludes halogenated alkanes) is 1. The molecule has 0 saturated carbocycles. The number of ether oxygens (including phenoxy) is 3. The van der Waals surface area contributed by atoms with Gasteiger partial charge in [-0.1, -0.05) is 12.1 Å². The third-order valence-corrected chi connectivity index (χ3v) is 4.85. The van der Waals surface area contributed by atoms with Gasteiger partial charge in [-0.15, -0.1) is 0 Å². The molecular formula is C27H25F2N3O4. The van der Waals surface area contributed by atoms with E-state index in [9.17, 15) is 13.6 Å². The number of carbonyl (C=O) groups excluding carboxylic acids is 1. The number of anilines is 2. The summed E-state index contributed by atoms with van der Waals surface area (Å²) in [6, 6.07) is 18.0. The Hall–Kier alpha value is -4.58. The second-order valence-corrected chi connectivity index (χ2v) is 7.77. The second kappa shape index (κ2) is 12.2. The van der Waals surface area contributed by atoms with Gasteiger partial charge in [0.25, 0.3) is 0 Å². The van der Waals surface area contributed by atoms with Crippen molar-refractivity contribution in [1.29, 1.82) is 5.26 Å². The number of carbonyl (C=O) groups is 1. The number of alkyl halides is 2. The fourth-order valence-electron chi connectivity index (χ4n) is 3.14. The molecule has 36 heavy (non-hydrogen) atoms. The predicted molar refractivity (Wildman–Crippen MR) is 132 cm³/mol. The summed E-state index contributed by atoms with van der Waals surface area (Å²) in [7, 11) is 0. The van der Waals surface area contributed by atoms with Gasteiger partial charge in [-0.25, -0.2) is 4.79 Å². The average Bonchev–Trinajstić information content (AvgIpc) is 2.84. The molecule has 0 spiro atoms. The van der Waals surface area contributed by atoms with Crippen molar-refractivity contribution in [3.05, 3.63) is 89.5 Å². The summed E-state index contributed by atoms with van der Waals surface area (Å²) in [5, 5.41) is 8.51. The highest BCUT2D eigenvalue weighted by molar-refractivity contribution is 5.87. The monoisotopic (exact) mass is 493 g/mol. The normalized spacial score (nSPS) is 11.1. The minimum Gasteiger partial charge on any atom is -0.494 e. The van der Waals surface area contributed by atoms with E-state index in [1.54, 1.807) is 18.2 Å². The molecule has 0 unspecified atom stereocenters. The molecule has 0 heterocycles. The first kappa shape index (κ1) is 26.0. The number of rotatable bonds is 11. The molecule has 0 fully saturated rings. The Morgan fingerprint density at radius 3 is 2.25 bits per heavy atom. The lowest BCUT2D eigenvalue weighted by Crippen LogP contribution is -2.21. The van der Waals surface area contributed by atoms with Crippen molar-refractivity contribution in [2.75, 3.05) is 18.1 Å². The minimum atomic E-state index is -3.57. The van der Waals surface area contributed by atoms with Gasteiger partial charge in [0.1, 0.15) is 18.1 Å². The highest BCUT2D eigenvalue weighted by Gasteiger charge is 2.34. The molecule has 3 aromatic carbocycles. The Balaban J connectivity index is 1.52. The number of nitriles is 1. The number of nitrogens with two attached hydrogens (primary N) is 2. The Bertz CT molecular complexity index is 1220. The number of esters is 1. The SMILES string of the molecule is N#CCCCOc1ccc(OC(F)(F)c2ccc(/C=C/C(=O)OCc3cc(N)cc(N)c3)cc2)cc1. The van der Waals surface area contributed by atoms with Crippen molar-refractivity contribution in [2.45, 2.75) is 25.6 Å². The third-order valence-electron chi connectivity index (χ3n) is 4.85. The van der Waals surface area contributed by atoms with Gasteiger partial charge in [-0.2, -0.15) is 14.0 Å². The van der Waals surface area contributed by atoms with Crippen molar-refractivity contribution < 1.29 is 27.8 Å². The molecule has 3 rings (SSSR count). The van der Waals surface area contributed by atoms with Crippen LogP contribution in [0.5, 0.6) is 11.5 Å². The lowest BCUT2D eigenvalue weighted by atomic mass is 10.1. The zero-order valence-electron chi connectivity index (χ0n) is 19.3. The van der Waals surface area contributed by atoms with Crippen LogP contribution in [0.3, 0.4) is 0 Å². The summed E-state index contributed by atoms with van der Waals surface area (Å²) in [5.74, 6) is -0.139. The molecule has 4 N–H and O–H groups in total. The lowest BCUT2D eigenvalue weighted by Gasteiger charge is -2.18. The molecule has 0 radical (unpaired) electrons. The smallest absolute Gasteiger partial charge is 0.426 e. The molecule has 186 valence electrons. The number of hydrogen-bond donors (Lipinski definition) is 2. The highest BCUT2D eigenvalue weighted by atomic mass is 19.3. The summed E-state index contributed by atoms with van der Waals surface area (Å²) in [5.41, 5.74) is 13.2. The quantitative estimate of drug-likeness (QED) is 0.158. The maximum Gasteiger partial charge on any atom is 0.426 e. The molecule has 3 aromatic rings. The van der Waals surface area contributed by atoms with E-state index in [1.807, 2.05) is 6.07 Å². The fourth-order valence-corrected chi connectivity index (χ4v) is 3.14. The van der Waals surface area contributed by atoms with Crippen molar-refractivity contribution in [3.63, 3.8) is 0 Å². The summed E-state index contributed by atoms with van der Waals surface area (Å²) in [6.07, 6.45) is 0.0390. The molecule has 0 aliphatic carbocycles. The Morgan fingerprint density at radius 2 is 1.61 bits per heavy atom. The zero-order chi connectivity index (χ0) is 26.0. The number of benzene rings is 3. The Kier molecular flexibility index (Phi) is 8.84. The standard InChI is InChI=1S/C27H25F2N3O4/c28-27(29,36-25-10-8-24(9-11-25)34-14-2-1-13-30)21-6-3-19(4-7-21)5-12-26(33)35-18-20-15-22(31)17-23(32)16-20/h3-12,15-17H,1-2,14,18,31-32H2/b12-5+. The Labute approximate surface area is 207 Å². The van der Waals surface area contributed by atoms with Gasteiger partial charge in [0, 0.05) is 23.9 Å². The Morgan fingerprint density at radius 1 is 0.972 bits per heavy atom. The van der Waals surface area contributed by atoms with Crippen LogP contribution in [0.1, 0.15) is 29.5 Å². The lowest BCUT2D eigenvalue weighted by molar-refractivity contribution is -0.185. The van der Waals surface area contributed by atoms with Gasteiger partial charge >= 0.3 is 12.1 Å². The molecule has 7 nitrogen and oxygen atoms in total. The highest BCUT2D eigenvalue weighted by Crippen LogP contribution is 2.32. The second-order valence-electron chi connectivity index (χ2n) is 7.77. The largest absolute Gasteiger partial charge is 0.494 e. The summed E-state index contributed by atoms with van der Waals surface area (Å²) < 4.78 is 44.7. The summed E-state index contributed by atoms with van der Waals surface area (Å²) in [4.78, 5) is 12.0. The van der Waals surface area contributed by atoms with Crippen molar-refractivity contribution >= 4 is 23.4 Å². The molecule has 9 heteroatoms. The molecule has 0 aliphatic rings. The van der Waals surface area contributed by atoms with Crippen molar-refractivity contribution in [1.82, 2.24) is 0 Å². The topological polar surface area (TPSA) is 121 Å². The van der Waals surface area contributed by atoms with E-state index in [0.717, 1.165) is 0 Å². The van der Waals surface area contributed by atoms with E-state index in [4.69, 9.17) is 30.9 Å².